The Bertz CT molecular complexity index is 999. The number of ether oxygens (including phenoxy) is 1. The van der Waals surface area contributed by atoms with Crippen LogP contribution in [-0.2, 0) is 14.6 Å². The third kappa shape index (κ3) is 4.86. The van der Waals surface area contributed by atoms with Gasteiger partial charge in [-0.05, 0) is 49.7 Å². The van der Waals surface area contributed by atoms with E-state index in [4.69, 9.17) is 0 Å². The van der Waals surface area contributed by atoms with Crippen molar-refractivity contribution in [2.45, 2.75) is 36.1 Å². The number of hydrogen-bond acceptors (Lipinski definition) is 5. The largest absolute Gasteiger partial charge is 0.433 e. The van der Waals surface area contributed by atoms with Crippen molar-refractivity contribution in [3.63, 3.8) is 0 Å². The van der Waals surface area contributed by atoms with E-state index in [1.54, 1.807) is 23.1 Å². The second kappa shape index (κ2) is 8.95. The van der Waals surface area contributed by atoms with Gasteiger partial charge in [-0.15, -0.1) is 0 Å². The number of hydrogen-bond donors (Lipinski definition) is 1. The van der Waals surface area contributed by atoms with E-state index in [9.17, 15) is 26.4 Å². The molecule has 0 spiro atoms. The average Bonchev–Trinajstić information content (AvgIpc) is 3.15. The molecule has 0 saturated carbocycles. The van der Waals surface area contributed by atoms with E-state index < -0.39 is 33.4 Å². The van der Waals surface area contributed by atoms with Crippen LogP contribution in [-0.4, -0.2) is 45.3 Å². The predicted molar refractivity (Wildman–Crippen MR) is 105 cm³/mol. The molecule has 0 bridgehead atoms. The van der Waals surface area contributed by atoms with Crippen molar-refractivity contribution in [1.82, 2.24) is 5.32 Å². The van der Waals surface area contributed by atoms with Crippen LogP contribution in [0, 0.1) is 5.82 Å². The molecule has 0 aromatic heterocycles. The summed E-state index contributed by atoms with van der Waals surface area (Å²) in [6.07, 6.45) is 0.512. The summed E-state index contributed by atoms with van der Waals surface area (Å²) >= 11 is 0. The molecular weight excluding hydrogens is 421 g/mol. The number of rotatable bonds is 7. The van der Waals surface area contributed by atoms with E-state index in [2.05, 4.69) is 10.1 Å². The number of alkyl halides is 2. The van der Waals surface area contributed by atoms with E-state index in [1.165, 1.54) is 13.0 Å². The monoisotopic (exact) mass is 442 g/mol. The molecule has 1 saturated heterocycles. The molecule has 1 aliphatic heterocycles. The van der Waals surface area contributed by atoms with Crippen LogP contribution in [0.15, 0.2) is 53.4 Å². The number of halogens is 3. The molecule has 0 radical (unpaired) electrons. The van der Waals surface area contributed by atoms with E-state index in [0.717, 1.165) is 24.3 Å². The second-order valence-corrected chi connectivity index (χ2v) is 9.20. The number of anilines is 1. The number of amides is 1. The zero-order valence-electron chi connectivity index (χ0n) is 16.1. The first-order chi connectivity index (χ1) is 14.2. The Morgan fingerprint density at radius 3 is 2.50 bits per heavy atom. The summed E-state index contributed by atoms with van der Waals surface area (Å²) in [4.78, 5) is 14.2. The Morgan fingerprint density at radius 1 is 1.17 bits per heavy atom. The summed E-state index contributed by atoms with van der Waals surface area (Å²) in [6, 6.07) is 10.3. The van der Waals surface area contributed by atoms with E-state index >= 15 is 0 Å². The lowest BCUT2D eigenvalue weighted by Crippen LogP contribution is -2.44. The molecule has 2 aromatic carbocycles. The molecule has 162 valence electrons. The van der Waals surface area contributed by atoms with Gasteiger partial charge in [0.1, 0.15) is 16.8 Å². The summed E-state index contributed by atoms with van der Waals surface area (Å²) in [7, 11) is -3.98. The number of carbonyl (C=O) groups is 1. The van der Waals surface area contributed by atoms with Crippen LogP contribution in [0.5, 0.6) is 5.75 Å². The topological polar surface area (TPSA) is 75.7 Å². The maximum absolute atomic E-state index is 13.1. The van der Waals surface area contributed by atoms with Crippen LogP contribution in [0.3, 0.4) is 0 Å². The molecule has 2 aromatic rings. The van der Waals surface area contributed by atoms with Crippen molar-refractivity contribution < 1.29 is 31.1 Å². The quantitative estimate of drug-likeness (QED) is 0.668. The highest BCUT2D eigenvalue weighted by Gasteiger charge is 2.33. The number of nitrogens with one attached hydrogen (secondary N) is 1. The summed E-state index contributed by atoms with van der Waals surface area (Å²) in [5.74, 6) is -1.22. The number of nitrogens with zero attached hydrogens (tertiary/aromatic N) is 1. The van der Waals surface area contributed by atoms with Gasteiger partial charge in [0.15, 0.2) is 9.84 Å². The minimum atomic E-state index is -3.98. The lowest BCUT2D eigenvalue weighted by Gasteiger charge is -2.22. The van der Waals surface area contributed by atoms with Crippen LogP contribution in [0.1, 0.15) is 13.3 Å². The van der Waals surface area contributed by atoms with E-state index in [-0.39, 0.29) is 16.7 Å². The molecule has 10 heteroatoms. The third-order valence-corrected chi connectivity index (χ3v) is 7.01. The standard InChI is InChI=1S/C20H21F3N2O4S/c1-13(30(27,28)16-8-6-14(21)7-9-16)19(26)24-15-10-11-25(12-15)17-4-2-3-5-18(17)29-20(22)23/h2-9,13,15,20H,10-12H2,1H3,(H,24,26). The maximum atomic E-state index is 13.1. The van der Waals surface area contributed by atoms with E-state index in [0.29, 0.717) is 25.2 Å². The minimum Gasteiger partial charge on any atom is -0.433 e. The third-order valence-electron chi connectivity index (χ3n) is 4.93. The molecule has 3 rings (SSSR count). The average molecular weight is 442 g/mol. The lowest BCUT2D eigenvalue weighted by molar-refractivity contribution is -0.121. The molecule has 1 aliphatic rings. The van der Waals surface area contributed by atoms with Crippen LogP contribution in [0.25, 0.3) is 0 Å². The van der Waals surface area contributed by atoms with Crippen LogP contribution < -0.4 is 15.0 Å². The highest BCUT2D eigenvalue weighted by molar-refractivity contribution is 7.92. The fourth-order valence-electron chi connectivity index (χ4n) is 3.30. The van der Waals surface area contributed by atoms with Crippen molar-refractivity contribution in [3.05, 3.63) is 54.3 Å². The zero-order valence-corrected chi connectivity index (χ0v) is 16.9. The van der Waals surface area contributed by atoms with Crippen molar-refractivity contribution in [2.24, 2.45) is 0 Å². The van der Waals surface area contributed by atoms with Crippen LogP contribution >= 0.6 is 0 Å². The molecule has 0 aliphatic carbocycles. The molecule has 1 N–H and O–H groups in total. The van der Waals surface area contributed by atoms with Crippen molar-refractivity contribution in [1.29, 1.82) is 0 Å². The number of sulfone groups is 1. The summed E-state index contributed by atoms with van der Waals surface area (Å²) < 4.78 is 68.1. The first kappa shape index (κ1) is 21.9. The summed E-state index contributed by atoms with van der Waals surface area (Å²) in [5.41, 5.74) is 0.474. The molecule has 6 nitrogen and oxygen atoms in total. The minimum absolute atomic E-state index is 0.0340. The van der Waals surface area contributed by atoms with Crippen LogP contribution in [0.2, 0.25) is 0 Å². The molecule has 2 atom stereocenters. The van der Waals surface area contributed by atoms with Gasteiger partial charge in [0.2, 0.25) is 5.91 Å². The molecule has 1 heterocycles. The Labute approximate surface area is 172 Å². The van der Waals surface area contributed by atoms with Crippen LogP contribution in [0.4, 0.5) is 18.9 Å². The molecule has 1 fully saturated rings. The fraction of sp³-hybridized carbons (Fsp3) is 0.350. The smallest absolute Gasteiger partial charge is 0.387 e. The Kier molecular flexibility index (Phi) is 6.55. The Morgan fingerprint density at radius 2 is 1.83 bits per heavy atom. The van der Waals surface area contributed by atoms with Gasteiger partial charge in [-0.3, -0.25) is 4.79 Å². The van der Waals surface area contributed by atoms with Crippen molar-refractivity contribution in [2.75, 3.05) is 18.0 Å². The number of carbonyl (C=O) groups excluding carboxylic acids is 1. The first-order valence-electron chi connectivity index (χ1n) is 9.27. The normalized spacial score (nSPS) is 17.8. The molecule has 1 amide bonds. The Hall–Kier alpha value is -2.75. The highest BCUT2D eigenvalue weighted by Crippen LogP contribution is 2.32. The van der Waals surface area contributed by atoms with Gasteiger partial charge in [0.05, 0.1) is 10.6 Å². The van der Waals surface area contributed by atoms with Gasteiger partial charge in [0, 0.05) is 19.1 Å². The predicted octanol–water partition coefficient (Wildman–Crippen LogP) is 2.98. The van der Waals surface area contributed by atoms with Crippen molar-refractivity contribution >= 4 is 21.4 Å². The van der Waals surface area contributed by atoms with Gasteiger partial charge in [0.25, 0.3) is 0 Å². The Balaban J connectivity index is 1.65. The van der Waals surface area contributed by atoms with Crippen molar-refractivity contribution in [3.8, 4) is 5.75 Å². The SMILES string of the molecule is CC(C(=O)NC1CCN(c2ccccc2OC(F)F)C1)S(=O)(=O)c1ccc(F)cc1. The second-order valence-electron chi connectivity index (χ2n) is 6.93. The molecular formula is C20H21F3N2O4S. The van der Waals surface area contributed by atoms with Gasteiger partial charge in [-0.1, -0.05) is 12.1 Å². The van der Waals surface area contributed by atoms with E-state index in [1.807, 2.05) is 0 Å². The fourth-order valence-corrected chi connectivity index (χ4v) is 4.57. The summed E-state index contributed by atoms with van der Waals surface area (Å²) in [6.45, 7) is -0.888. The highest BCUT2D eigenvalue weighted by atomic mass is 32.2. The number of benzene rings is 2. The summed E-state index contributed by atoms with van der Waals surface area (Å²) in [5, 5.41) is 1.33. The number of para-hydroxylation sites is 2. The molecule has 30 heavy (non-hydrogen) atoms. The van der Waals surface area contributed by atoms with Gasteiger partial charge >= 0.3 is 6.61 Å². The van der Waals surface area contributed by atoms with Gasteiger partial charge in [-0.2, -0.15) is 8.78 Å². The van der Waals surface area contributed by atoms with Gasteiger partial charge in [-0.25, -0.2) is 12.8 Å². The zero-order chi connectivity index (χ0) is 21.9. The maximum Gasteiger partial charge on any atom is 0.387 e. The van der Waals surface area contributed by atoms with Gasteiger partial charge < -0.3 is 15.0 Å². The lowest BCUT2D eigenvalue weighted by atomic mass is 10.2. The molecule has 2 unspecified atom stereocenters. The first-order valence-corrected chi connectivity index (χ1v) is 10.8.